The predicted octanol–water partition coefficient (Wildman–Crippen LogP) is 2.43. The van der Waals surface area contributed by atoms with Crippen molar-refractivity contribution in [2.24, 2.45) is 0 Å². The molecule has 48 heavy (non-hydrogen) atoms. The average Bonchev–Trinajstić information content (AvgIpc) is 3.36. The first-order valence-electron chi connectivity index (χ1n) is 16.9. The molecule has 13 nitrogen and oxygen atoms in total. The lowest BCUT2D eigenvalue weighted by Gasteiger charge is -2.43. The molecule has 256 valence electrons. The molecule has 1 unspecified atom stereocenters. The number of hydrogen-bond donors (Lipinski definition) is 2. The van der Waals surface area contributed by atoms with E-state index in [1.165, 1.54) is 0 Å². The standard InChI is InChI=1S/C35H44N6O7/c1-47-29-22-24(9-10-26(29)36)38-15-13-23(14-16-38)39-17-19-40(20-18-39)31(43)8-3-2-4-21-48-28-7-5-6-25-32(28)35(46)41(34(25)45)27-11-12-30(42)37-33(27)44/h5-7,9-10,22-23,27H,2-4,8,11-21,36H2,1H3,(H,37,42,44). The van der Waals surface area contributed by atoms with Crippen LogP contribution in [0.5, 0.6) is 11.5 Å². The molecule has 2 aromatic rings. The Morgan fingerprint density at radius 3 is 2.40 bits per heavy atom. The number of hydrogen-bond acceptors (Lipinski definition) is 10. The van der Waals surface area contributed by atoms with Crippen LogP contribution in [0.4, 0.5) is 11.4 Å². The summed E-state index contributed by atoms with van der Waals surface area (Å²) in [5.74, 6) is -1.02. The molecule has 6 rings (SSSR count). The quantitative estimate of drug-likeness (QED) is 0.209. The van der Waals surface area contributed by atoms with Gasteiger partial charge in [0.25, 0.3) is 11.8 Å². The second kappa shape index (κ2) is 14.6. The average molecular weight is 661 g/mol. The Morgan fingerprint density at radius 2 is 1.67 bits per heavy atom. The van der Waals surface area contributed by atoms with Crippen molar-refractivity contribution in [2.75, 3.05) is 63.6 Å². The summed E-state index contributed by atoms with van der Waals surface area (Å²) in [6, 6.07) is 10.3. The SMILES string of the molecule is COc1cc(N2CCC(N3CCN(C(=O)CCCCCOc4cccc5c4C(=O)N(C4CCC(=O)NC4=O)C5=O)CC3)CC2)ccc1N. The van der Waals surface area contributed by atoms with Crippen molar-refractivity contribution < 1.29 is 33.4 Å². The number of nitrogen functional groups attached to an aromatic ring is 1. The van der Waals surface area contributed by atoms with Crippen LogP contribution in [0.1, 0.15) is 72.1 Å². The molecule has 0 bridgehead atoms. The smallest absolute Gasteiger partial charge is 0.266 e. The van der Waals surface area contributed by atoms with Gasteiger partial charge in [-0.2, -0.15) is 0 Å². The molecule has 0 radical (unpaired) electrons. The van der Waals surface area contributed by atoms with Crippen molar-refractivity contribution in [3.63, 3.8) is 0 Å². The molecule has 0 aromatic heterocycles. The number of carbonyl (C=O) groups is 5. The molecule has 0 spiro atoms. The Morgan fingerprint density at radius 1 is 0.896 bits per heavy atom. The van der Waals surface area contributed by atoms with Crippen molar-refractivity contribution >= 4 is 40.9 Å². The summed E-state index contributed by atoms with van der Waals surface area (Å²) < 4.78 is 11.3. The molecule has 4 aliphatic rings. The minimum atomic E-state index is -1.02. The number of ether oxygens (including phenoxy) is 2. The first-order valence-corrected chi connectivity index (χ1v) is 16.9. The van der Waals surface area contributed by atoms with Gasteiger partial charge in [-0.25, -0.2) is 0 Å². The monoisotopic (exact) mass is 660 g/mol. The van der Waals surface area contributed by atoms with Gasteiger partial charge in [-0.3, -0.25) is 39.1 Å². The van der Waals surface area contributed by atoms with Gasteiger partial charge >= 0.3 is 0 Å². The van der Waals surface area contributed by atoms with Gasteiger partial charge in [0, 0.05) is 69.9 Å². The summed E-state index contributed by atoms with van der Waals surface area (Å²) in [6.07, 6.45) is 5.02. The molecule has 13 heteroatoms. The van der Waals surface area contributed by atoms with Crippen LogP contribution in [-0.2, 0) is 14.4 Å². The lowest BCUT2D eigenvalue weighted by molar-refractivity contribution is -0.136. The number of rotatable bonds is 11. The van der Waals surface area contributed by atoms with Gasteiger partial charge < -0.3 is 25.0 Å². The minimum absolute atomic E-state index is 0.0643. The normalized spacial score (nSPS) is 20.6. The third kappa shape index (κ3) is 6.96. The molecule has 3 N–H and O–H groups in total. The highest BCUT2D eigenvalue weighted by Crippen LogP contribution is 2.34. The number of methoxy groups -OCH3 is 1. The van der Waals surface area contributed by atoms with Gasteiger partial charge in [-0.1, -0.05) is 6.07 Å². The lowest BCUT2D eigenvalue weighted by atomic mass is 10.0. The zero-order valence-corrected chi connectivity index (χ0v) is 27.4. The van der Waals surface area contributed by atoms with Crippen molar-refractivity contribution in [2.45, 2.75) is 63.5 Å². The number of nitrogens with zero attached hydrogens (tertiary/aromatic N) is 4. The largest absolute Gasteiger partial charge is 0.495 e. The predicted molar refractivity (Wildman–Crippen MR) is 178 cm³/mol. The highest BCUT2D eigenvalue weighted by atomic mass is 16.5. The maximum Gasteiger partial charge on any atom is 0.266 e. The number of amides is 5. The van der Waals surface area contributed by atoms with E-state index in [9.17, 15) is 24.0 Å². The maximum absolute atomic E-state index is 13.2. The number of unbranched alkanes of at least 4 members (excludes halogenated alkanes) is 2. The summed E-state index contributed by atoms with van der Waals surface area (Å²) >= 11 is 0. The zero-order valence-electron chi connectivity index (χ0n) is 27.4. The van der Waals surface area contributed by atoms with Gasteiger partial charge in [0.15, 0.2) is 0 Å². The van der Waals surface area contributed by atoms with Crippen LogP contribution >= 0.6 is 0 Å². The molecule has 4 aliphatic heterocycles. The first-order chi connectivity index (χ1) is 23.2. The van der Waals surface area contributed by atoms with Gasteiger partial charge in [-0.05, 0) is 62.8 Å². The molecule has 3 saturated heterocycles. The van der Waals surface area contributed by atoms with E-state index in [0.29, 0.717) is 42.7 Å². The first kappa shape index (κ1) is 33.3. The third-order valence-corrected chi connectivity index (χ3v) is 9.95. The van der Waals surface area contributed by atoms with Crippen LogP contribution in [0.15, 0.2) is 36.4 Å². The van der Waals surface area contributed by atoms with Crippen LogP contribution in [0, 0.1) is 0 Å². The molecule has 1 atom stereocenters. The highest BCUT2D eigenvalue weighted by molar-refractivity contribution is 6.24. The third-order valence-electron chi connectivity index (χ3n) is 9.95. The number of piperazine rings is 1. The fourth-order valence-electron chi connectivity index (χ4n) is 7.22. The van der Waals surface area contributed by atoms with Crippen LogP contribution in [0.3, 0.4) is 0 Å². The van der Waals surface area contributed by atoms with Crippen molar-refractivity contribution in [1.82, 2.24) is 20.0 Å². The van der Waals surface area contributed by atoms with Crippen LogP contribution in [0.2, 0.25) is 0 Å². The summed E-state index contributed by atoms with van der Waals surface area (Å²) in [6.45, 7) is 5.56. The number of carbonyl (C=O) groups excluding carboxylic acids is 5. The molecule has 3 fully saturated rings. The maximum atomic E-state index is 13.2. The number of nitrogens with two attached hydrogens (primary N) is 1. The van der Waals surface area contributed by atoms with Crippen LogP contribution < -0.4 is 25.4 Å². The van der Waals surface area contributed by atoms with E-state index in [-0.39, 0.29) is 29.9 Å². The van der Waals surface area contributed by atoms with Gasteiger partial charge in [0.1, 0.15) is 17.5 Å². The second-order valence-electron chi connectivity index (χ2n) is 12.8. The van der Waals surface area contributed by atoms with Gasteiger partial charge in [0.05, 0.1) is 30.5 Å². The highest BCUT2D eigenvalue weighted by Gasteiger charge is 2.46. The Hall–Kier alpha value is -4.65. The fourth-order valence-corrected chi connectivity index (χ4v) is 7.22. The summed E-state index contributed by atoms with van der Waals surface area (Å²) in [5.41, 5.74) is 8.10. The Kier molecular flexibility index (Phi) is 10.1. The Balaban J connectivity index is 0.887. The van der Waals surface area contributed by atoms with Gasteiger partial charge in [0.2, 0.25) is 17.7 Å². The number of fused-ring (bicyclic) bond motifs is 1. The summed E-state index contributed by atoms with van der Waals surface area (Å²) in [5, 5.41) is 2.21. The van der Waals surface area contributed by atoms with E-state index in [1.807, 2.05) is 17.0 Å². The lowest BCUT2D eigenvalue weighted by Crippen LogP contribution is -2.54. The van der Waals surface area contributed by atoms with Crippen molar-refractivity contribution in [1.29, 1.82) is 0 Å². The number of piperidine rings is 2. The van der Waals surface area contributed by atoms with Crippen LogP contribution in [0.25, 0.3) is 0 Å². The van der Waals surface area contributed by atoms with Crippen LogP contribution in [-0.4, -0.2) is 109 Å². The van der Waals surface area contributed by atoms with Crippen molar-refractivity contribution in [3.8, 4) is 11.5 Å². The van der Waals surface area contributed by atoms with E-state index in [0.717, 1.165) is 75.5 Å². The molecular formula is C35H44N6O7. The summed E-state index contributed by atoms with van der Waals surface area (Å²) in [4.78, 5) is 70.9. The van der Waals surface area contributed by atoms with E-state index >= 15 is 0 Å². The number of benzene rings is 2. The molecule has 0 saturated carbocycles. The van der Waals surface area contributed by atoms with E-state index < -0.39 is 29.7 Å². The Labute approximate surface area is 280 Å². The fraction of sp³-hybridized carbons (Fsp3) is 0.514. The zero-order chi connectivity index (χ0) is 33.8. The summed E-state index contributed by atoms with van der Waals surface area (Å²) in [7, 11) is 1.64. The van der Waals surface area contributed by atoms with Gasteiger partial charge in [-0.15, -0.1) is 0 Å². The second-order valence-corrected chi connectivity index (χ2v) is 12.8. The minimum Gasteiger partial charge on any atom is -0.495 e. The molecule has 5 amide bonds. The van der Waals surface area contributed by atoms with E-state index in [2.05, 4.69) is 21.2 Å². The molecule has 4 heterocycles. The molecule has 2 aromatic carbocycles. The van der Waals surface area contributed by atoms with E-state index in [1.54, 1.807) is 25.3 Å². The topological polar surface area (TPSA) is 155 Å². The van der Waals surface area contributed by atoms with E-state index in [4.69, 9.17) is 15.2 Å². The number of anilines is 2. The molecule has 0 aliphatic carbocycles. The molecular weight excluding hydrogens is 616 g/mol. The van der Waals surface area contributed by atoms with Crippen molar-refractivity contribution in [3.05, 3.63) is 47.5 Å². The number of nitrogens with one attached hydrogen (secondary N) is 1. The number of imide groups is 2. The Bertz CT molecular complexity index is 1560.